The van der Waals surface area contributed by atoms with Crippen LogP contribution in [-0.2, 0) is 9.59 Å². The van der Waals surface area contributed by atoms with E-state index in [1.165, 1.54) is 10.8 Å². The molecule has 15 heavy (non-hydrogen) atoms. The van der Waals surface area contributed by atoms with E-state index in [2.05, 4.69) is 4.74 Å². The van der Waals surface area contributed by atoms with E-state index in [1.54, 1.807) is 17.7 Å². The molecule has 0 spiro atoms. The smallest absolute Gasteiger partial charge is 0.307 e. The monoisotopic (exact) mass is 269 g/mol. The van der Waals surface area contributed by atoms with Gasteiger partial charge in [-0.2, -0.15) is 0 Å². The van der Waals surface area contributed by atoms with Gasteiger partial charge in [-0.05, 0) is 15.4 Å². The molecule has 0 fully saturated rings. The van der Waals surface area contributed by atoms with Crippen molar-refractivity contribution >= 4 is 42.4 Å². The molecule has 1 amide bonds. The lowest BCUT2D eigenvalue weighted by Crippen LogP contribution is -2.11. The predicted octanol–water partition coefficient (Wildman–Crippen LogP) is 2.72. The molecule has 0 bridgehead atoms. The molecule has 0 saturated heterocycles. The van der Waals surface area contributed by atoms with Crippen LogP contribution in [0.4, 0.5) is 0 Å². The minimum Gasteiger partial charge on any atom is -0.481 e. The maximum absolute atomic E-state index is 10.9. The maximum atomic E-state index is 10.9. The highest BCUT2D eigenvalue weighted by molar-refractivity contribution is 8.76. The first-order chi connectivity index (χ1) is 7.57. The number of carboxylic acids is 1. The molecular formula is C8H14NO3PS2. The Labute approximate surface area is 101 Å². The van der Waals surface area contributed by atoms with Crippen molar-refractivity contribution in [3.05, 3.63) is 0 Å². The molecule has 1 N–H and O–H groups in total. The molecule has 0 heterocycles. The Morgan fingerprint density at radius 2 is 2.33 bits per heavy atom. The van der Waals surface area contributed by atoms with Crippen LogP contribution >= 0.6 is 30.6 Å². The zero-order valence-electron chi connectivity index (χ0n) is 9.38. The molecule has 0 radical (unpaired) electrons. The Balaban J connectivity index is 3.34. The van der Waals surface area contributed by atoms with Crippen molar-refractivity contribution < 1.29 is 14.7 Å². The summed E-state index contributed by atoms with van der Waals surface area (Å²) in [5.41, 5.74) is 0. The third-order valence-electron chi connectivity index (χ3n) is 1.55. The Morgan fingerprint density at radius 3 is 2.93 bits per heavy atom. The van der Waals surface area contributed by atoms with Gasteiger partial charge in [0.05, 0.1) is 5.92 Å². The summed E-state index contributed by atoms with van der Waals surface area (Å²) < 4.78 is 10.1. The summed E-state index contributed by atoms with van der Waals surface area (Å²) in [6.45, 7) is 1.67. The molecule has 0 rings (SSSR count). The van der Waals surface area contributed by atoms with Gasteiger partial charge in [0.15, 0.2) is 0 Å². The third kappa shape index (κ3) is 8.90. The van der Waals surface area contributed by atoms with Crippen LogP contribution in [-0.4, -0.2) is 29.8 Å². The second kappa shape index (κ2) is 9.19. The zero-order valence-corrected chi connectivity index (χ0v) is 10.9. The Morgan fingerprint density at radius 1 is 1.60 bits per heavy atom. The van der Waals surface area contributed by atoms with Gasteiger partial charge in [0.1, 0.15) is 1.28 Å². The van der Waals surface area contributed by atoms with Crippen molar-refractivity contribution in [2.24, 2.45) is 10.7 Å². The summed E-state index contributed by atoms with van der Waals surface area (Å²) in [5, 5.41) is 8.62. The van der Waals surface area contributed by atoms with Crippen LogP contribution in [0.5, 0.6) is 0 Å². The van der Waals surface area contributed by atoms with Gasteiger partial charge in [0.2, 0.25) is 5.91 Å². The lowest BCUT2D eigenvalue weighted by atomic mass is 10.2. The highest BCUT2D eigenvalue weighted by Gasteiger charge is 2.10. The summed E-state index contributed by atoms with van der Waals surface area (Å²) in [5.74, 6) is 0.0190. The number of aliphatic carboxylic acids is 1. The third-order valence-corrected chi connectivity index (χ3v) is 4.44. The van der Waals surface area contributed by atoms with Crippen molar-refractivity contribution in [3.63, 3.8) is 0 Å². The van der Waals surface area contributed by atoms with Gasteiger partial charge >= 0.3 is 5.97 Å². The largest absolute Gasteiger partial charge is 0.481 e. The van der Waals surface area contributed by atoms with E-state index in [0.717, 1.165) is 12.2 Å². The van der Waals surface area contributed by atoms with Gasteiger partial charge in [-0.1, -0.05) is 28.5 Å². The quantitative estimate of drug-likeness (QED) is 0.417. The van der Waals surface area contributed by atoms with Crippen molar-refractivity contribution in [1.29, 1.82) is 1.28 Å². The summed E-state index contributed by atoms with van der Waals surface area (Å²) in [4.78, 5) is 21.4. The Hall–Kier alpha value is -0.0600. The molecule has 0 aromatic heterocycles. The molecule has 4 nitrogen and oxygen atoms in total. The van der Waals surface area contributed by atoms with E-state index in [-0.39, 0.29) is 20.8 Å². The SMILES string of the molecule is [3H]P=NC(=O)CCCSSCC(C)C(=O)O. The van der Waals surface area contributed by atoms with Gasteiger partial charge in [0, 0.05) is 17.9 Å². The maximum Gasteiger partial charge on any atom is 0.307 e. The van der Waals surface area contributed by atoms with E-state index >= 15 is 0 Å². The average molecular weight is 269 g/mol. The van der Waals surface area contributed by atoms with Crippen LogP contribution in [0, 0.1) is 5.92 Å². The zero-order chi connectivity index (χ0) is 12.4. The van der Waals surface area contributed by atoms with Gasteiger partial charge in [-0.25, -0.2) is 4.74 Å². The first kappa shape index (κ1) is 13.0. The fraction of sp³-hybridized carbons (Fsp3) is 0.750. The van der Waals surface area contributed by atoms with E-state index in [1.807, 2.05) is 0 Å². The number of nitrogens with zero attached hydrogens (tertiary/aromatic N) is 1. The van der Waals surface area contributed by atoms with Crippen LogP contribution in [0.2, 0.25) is 0 Å². The van der Waals surface area contributed by atoms with Crippen LogP contribution in [0.25, 0.3) is 0 Å². The highest BCUT2D eigenvalue weighted by atomic mass is 33.1. The van der Waals surface area contributed by atoms with Crippen LogP contribution in [0.15, 0.2) is 4.74 Å². The van der Waals surface area contributed by atoms with Crippen molar-refractivity contribution in [2.45, 2.75) is 19.8 Å². The van der Waals surface area contributed by atoms with Crippen LogP contribution in [0.3, 0.4) is 0 Å². The number of hydrogen-bond donors (Lipinski definition) is 1. The molecule has 0 saturated carbocycles. The summed E-state index contributed by atoms with van der Waals surface area (Å²) in [6, 6.07) is 0. The van der Waals surface area contributed by atoms with Gasteiger partial charge in [-0.15, -0.1) is 0 Å². The highest BCUT2D eigenvalue weighted by Crippen LogP contribution is 2.25. The van der Waals surface area contributed by atoms with Crippen LogP contribution < -0.4 is 0 Å². The molecule has 0 aliphatic heterocycles. The predicted molar refractivity (Wildman–Crippen MR) is 66.7 cm³/mol. The van der Waals surface area contributed by atoms with Crippen LogP contribution in [0.1, 0.15) is 19.8 Å². The van der Waals surface area contributed by atoms with Crippen molar-refractivity contribution in [1.82, 2.24) is 0 Å². The van der Waals surface area contributed by atoms with Gasteiger partial charge in [0.25, 0.3) is 0 Å². The molecular weight excluding hydrogens is 253 g/mol. The molecule has 1 unspecified atom stereocenters. The Bertz CT molecular complexity index is 266. The number of hydrogen-bond acceptors (Lipinski definition) is 4. The van der Waals surface area contributed by atoms with E-state index in [0.29, 0.717) is 12.2 Å². The second-order valence-corrected chi connectivity index (χ2v) is 5.77. The summed E-state index contributed by atoms with van der Waals surface area (Å²) >= 11 is 0. The lowest BCUT2D eigenvalue weighted by Gasteiger charge is -2.04. The fourth-order valence-corrected chi connectivity index (χ4v) is 3.14. The molecule has 0 aliphatic rings. The number of carboxylic acid groups (broad SMARTS) is 1. The minimum atomic E-state index is -0.781. The van der Waals surface area contributed by atoms with Gasteiger partial charge < -0.3 is 5.11 Å². The number of carbonyl (C=O) groups excluding carboxylic acids is 1. The van der Waals surface area contributed by atoms with E-state index in [9.17, 15) is 9.59 Å². The van der Waals surface area contributed by atoms with Crippen molar-refractivity contribution in [3.8, 4) is 0 Å². The first-order valence-electron chi connectivity index (χ1n) is 4.87. The fourth-order valence-electron chi connectivity index (χ4n) is 0.613. The summed E-state index contributed by atoms with van der Waals surface area (Å²) in [6.07, 6.45) is 1.09. The topological polar surface area (TPSA) is 66.7 Å². The standard InChI is InChI=1S/C8H14NO3PS2/c1-6(8(11)12)5-15-14-4-2-3-7(10)9-13/h6,13H,2-5H2,1H3,(H,11,12)/i13T. The molecule has 0 aliphatic carbocycles. The van der Waals surface area contributed by atoms with E-state index < -0.39 is 5.97 Å². The first-order valence-corrected chi connectivity index (χ1v) is 7.32. The van der Waals surface area contributed by atoms with Crippen molar-refractivity contribution in [2.75, 3.05) is 11.5 Å². The normalized spacial score (nSPS) is 13.8. The molecule has 1 atom stereocenters. The lowest BCUT2D eigenvalue weighted by molar-refractivity contribution is -0.140. The molecule has 0 aromatic rings. The minimum absolute atomic E-state index is 0.0127. The number of carbonyl (C=O) groups is 2. The molecule has 0 aromatic carbocycles. The van der Waals surface area contributed by atoms with Gasteiger partial charge in [-0.3, -0.25) is 9.59 Å². The molecule has 86 valence electrons. The second-order valence-electron chi connectivity index (χ2n) is 2.94. The molecule has 7 heteroatoms. The number of amides is 1. The Kier molecular flexibility index (Phi) is 7.97. The summed E-state index contributed by atoms with van der Waals surface area (Å²) in [7, 11) is 3.09. The van der Waals surface area contributed by atoms with E-state index in [4.69, 9.17) is 6.39 Å². The average Bonchev–Trinajstić information content (AvgIpc) is 2.23. The number of rotatable bonds is 8.